The molecule has 3 heterocycles. The SMILES string of the molecule is COc1ccc(/C=C2/NC(=S)N(CC3CCCO3)C2=O)cc1Cn1nc(C)c([N+](=O)[O-])c1C. The van der Waals surface area contributed by atoms with E-state index in [4.69, 9.17) is 21.7 Å². The average molecular weight is 472 g/mol. The molecule has 1 atom stereocenters. The minimum atomic E-state index is -0.422. The van der Waals surface area contributed by atoms with Crippen molar-refractivity contribution >= 4 is 35.0 Å². The maximum absolute atomic E-state index is 12.9. The molecule has 11 heteroatoms. The molecule has 33 heavy (non-hydrogen) atoms. The number of hydrogen-bond acceptors (Lipinski definition) is 7. The maximum Gasteiger partial charge on any atom is 0.312 e. The summed E-state index contributed by atoms with van der Waals surface area (Å²) in [5, 5.41) is 19.0. The van der Waals surface area contributed by atoms with Gasteiger partial charge in [0.1, 0.15) is 22.8 Å². The Morgan fingerprint density at radius 2 is 2.21 bits per heavy atom. The second-order valence-corrected chi connectivity index (χ2v) is 8.43. The van der Waals surface area contributed by atoms with Gasteiger partial charge in [-0.15, -0.1) is 0 Å². The van der Waals surface area contributed by atoms with Gasteiger partial charge in [0.15, 0.2) is 5.11 Å². The number of ether oxygens (including phenoxy) is 2. The number of nitrogens with one attached hydrogen (secondary N) is 1. The molecule has 0 radical (unpaired) electrons. The number of amides is 1. The molecule has 1 aromatic heterocycles. The van der Waals surface area contributed by atoms with E-state index in [1.165, 1.54) is 4.90 Å². The smallest absolute Gasteiger partial charge is 0.312 e. The zero-order valence-corrected chi connectivity index (χ0v) is 19.5. The van der Waals surface area contributed by atoms with Crippen molar-refractivity contribution in [1.82, 2.24) is 20.0 Å². The summed E-state index contributed by atoms with van der Waals surface area (Å²) in [5.41, 5.74) is 2.75. The van der Waals surface area contributed by atoms with E-state index in [9.17, 15) is 14.9 Å². The summed E-state index contributed by atoms with van der Waals surface area (Å²) < 4.78 is 12.7. The molecule has 1 N–H and O–H groups in total. The minimum absolute atomic E-state index is 0.00506. The largest absolute Gasteiger partial charge is 0.496 e. The lowest BCUT2D eigenvalue weighted by Crippen LogP contribution is -2.37. The normalized spacial score (nSPS) is 19.4. The molecule has 10 nitrogen and oxygen atoms in total. The molecule has 174 valence electrons. The van der Waals surface area contributed by atoms with Crippen LogP contribution in [0.5, 0.6) is 5.75 Å². The predicted octanol–water partition coefficient (Wildman–Crippen LogP) is 2.70. The summed E-state index contributed by atoms with van der Waals surface area (Å²) in [6, 6.07) is 5.50. The van der Waals surface area contributed by atoms with Crippen LogP contribution in [0.4, 0.5) is 5.69 Å². The molecular formula is C22H25N5O5S. The molecule has 0 bridgehead atoms. The first-order valence-electron chi connectivity index (χ1n) is 10.6. The quantitative estimate of drug-likeness (QED) is 0.284. The first kappa shape index (κ1) is 22.9. The van der Waals surface area contributed by atoms with E-state index in [1.807, 2.05) is 12.1 Å². The van der Waals surface area contributed by atoms with Crippen LogP contribution in [0.3, 0.4) is 0 Å². The van der Waals surface area contributed by atoms with Gasteiger partial charge in [-0.25, -0.2) is 0 Å². The summed E-state index contributed by atoms with van der Waals surface area (Å²) in [6.07, 6.45) is 3.64. The average Bonchev–Trinajstić information content (AvgIpc) is 3.44. The highest BCUT2D eigenvalue weighted by atomic mass is 32.1. The highest BCUT2D eigenvalue weighted by molar-refractivity contribution is 7.80. The van der Waals surface area contributed by atoms with Crippen molar-refractivity contribution in [2.45, 2.75) is 39.3 Å². The predicted molar refractivity (Wildman–Crippen MR) is 125 cm³/mol. The number of carbonyl (C=O) groups is 1. The van der Waals surface area contributed by atoms with Crippen molar-refractivity contribution in [3.05, 3.63) is 56.5 Å². The second-order valence-electron chi connectivity index (χ2n) is 8.04. The van der Waals surface area contributed by atoms with Crippen LogP contribution in [0.2, 0.25) is 0 Å². The monoisotopic (exact) mass is 471 g/mol. The van der Waals surface area contributed by atoms with Crippen LogP contribution in [0.25, 0.3) is 6.08 Å². The summed E-state index contributed by atoms with van der Waals surface area (Å²) in [7, 11) is 1.56. The van der Waals surface area contributed by atoms with Gasteiger partial charge in [-0.2, -0.15) is 5.10 Å². The number of carbonyl (C=O) groups excluding carboxylic acids is 1. The van der Waals surface area contributed by atoms with Crippen LogP contribution in [0.1, 0.15) is 35.4 Å². The number of methoxy groups -OCH3 is 1. The number of benzene rings is 1. The van der Waals surface area contributed by atoms with Gasteiger partial charge in [0.2, 0.25) is 0 Å². The third-order valence-corrected chi connectivity index (χ3v) is 6.16. The molecular weight excluding hydrogens is 446 g/mol. The zero-order valence-electron chi connectivity index (χ0n) is 18.7. The lowest BCUT2D eigenvalue weighted by Gasteiger charge is -2.18. The highest BCUT2D eigenvalue weighted by Gasteiger charge is 2.33. The number of aromatic nitrogens is 2. The van der Waals surface area contributed by atoms with Gasteiger partial charge < -0.3 is 14.8 Å². The summed E-state index contributed by atoms with van der Waals surface area (Å²) in [6.45, 7) is 4.71. The Kier molecular flexibility index (Phi) is 6.43. The molecule has 0 saturated carbocycles. The Labute approximate surface area is 196 Å². The van der Waals surface area contributed by atoms with E-state index in [0.717, 1.165) is 24.0 Å². The van der Waals surface area contributed by atoms with Crippen LogP contribution in [-0.4, -0.2) is 57.0 Å². The Morgan fingerprint density at radius 3 is 2.85 bits per heavy atom. The molecule has 1 aromatic carbocycles. The Morgan fingerprint density at radius 1 is 1.42 bits per heavy atom. The highest BCUT2D eigenvalue weighted by Crippen LogP contribution is 2.27. The lowest BCUT2D eigenvalue weighted by molar-refractivity contribution is -0.386. The Balaban J connectivity index is 1.59. The fourth-order valence-corrected chi connectivity index (χ4v) is 4.44. The standard InChI is InChI=1S/C22H25N5O5S/c1-13-20(27(29)30)14(2)26(24-13)11-16-9-15(6-7-19(16)31-3)10-18-21(28)25(22(33)23-18)12-17-5-4-8-32-17/h6-7,9-10,17H,4-5,8,11-12H2,1-3H3,(H,23,33)/b18-10+. The third-order valence-electron chi connectivity index (χ3n) is 5.83. The fourth-order valence-electron chi connectivity index (χ4n) is 4.17. The zero-order chi connectivity index (χ0) is 23.7. The van der Waals surface area contributed by atoms with Crippen LogP contribution in [0, 0.1) is 24.0 Å². The van der Waals surface area contributed by atoms with Crippen molar-refractivity contribution in [2.24, 2.45) is 0 Å². The van der Waals surface area contributed by atoms with Gasteiger partial charge in [0.25, 0.3) is 5.91 Å². The van der Waals surface area contributed by atoms with Crippen LogP contribution in [-0.2, 0) is 16.1 Å². The molecule has 2 aliphatic rings. The van der Waals surface area contributed by atoms with Gasteiger partial charge in [0, 0.05) is 12.2 Å². The molecule has 1 unspecified atom stereocenters. The van der Waals surface area contributed by atoms with Gasteiger partial charge in [-0.05, 0) is 62.7 Å². The van der Waals surface area contributed by atoms with Crippen molar-refractivity contribution in [3.63, 3.8) is 0 Å². The van der Waals surface area contributed by atoms with Gasteiger partial charge in [-0.3, -0.25) is 24.5 Å². The summed E-state index contributed by atoms with van der Waals surface area (Å²) >= 11 is 5.36. The molecule has 0 aliphatic carbocycles. The number of nitrogens with zero attached hydrogens (tertiary/aromatic N) is 4. The van der Waals surface area contributed by atoms with Crippen molar-refractivity contribution in [3.8, 4) is 5.75 Å². The Bertz CT molecular complexity index is 1150. The van der Waals surface area contributed by atoms with Crippen molar-refractivity contribution in [1.29, 1.82) is 0 Å². The number of rotatable bonds is 7. The number of thiocarbonyl (C=S) groups is 1. The molecule has 1 amide bonds. The summed E-state index contributed by atoms with van der Waals surface area (Å²) in [4.78, 5) is 25.4. The molecule has 2 aromatic rings. The van der Waals surface area contributed by atoms with Crippen molar-refractivity contribution < 1.29 is 19.2 Å². The van der Waals surface area contributed by atoms with Crippen LogP contribution in [0.15, 0.2) is 23.9 Å². The van der Waals surface area contributed by atoms with E-state index in [0.29, 0.717) is 41.1 Å². The topological polar surface area (TPSA) is 112 Å². The first-order chi connectivity index (χ1) is 15.8. The van der Waals surface area contributed by atoms with E-state index in [-0.39, 0.29) is 24.2 Å². The van der Waals surface area contributed by atoms with Gasteiger partial charge >= 0.3 is 5.69 Å². The number of hydrogen-bond donors (Lipinski definition) is 1. The first-order valence-corrected chi connectivity index (χ1v) is 11.0. The van der Waals surface area contributed by atoms with Gasteiger partial charge in [-0.1, -0.05) is 6.07 Å². The Hall–Kier alpha value is -3.31. The molecule has 0 spiro atoms. The van der Waals surface area contributed by atoms with E-state index in [2.05, 4.69) is 10.4 Å². The van der Waals surface area contributed by atoms with Crippen molar-refractivity contribution in [2.75, 3.05) is 20.3 Å². The molecule has 2 aliphatic heterocycles. The number of aryl methyl sites for hydroxylation is 1. The lowest BCUT2D eigenvalue weighted by atomic mass is 10.1. The second kappa shape index (κ2) is 9.28. The molecule has 2 saturated heterocycles. The van der Waals surface area contributed by atoms with E-state index < -0.39 is 4.92 Å². The van der Waals surface area contributed by atoms with Crippen LogP contribution < -0.4 is 10.1 Å². The van der Waals surface area contributed by atoms with Gasteiger partial charge in [0.05, 0.1) is 31.2 Å². The van der Waals surface area contributed by atoms with E-state index >= 15 is 0 Å². The summed E-state index contributed by atoms with van der Waals surface area (Å²) in [5.74, 6) is 0.427. The molecule has 4 rings (SSSR count). The van der Waals surface area contributed by atoms with Crippen LogP contribution >= 0.6 is 12.2 Å². The fraction of sp³-hybridized carbons (Fsp3) is 0.409. The third kappa shape index (κ3) is 4.60. The minimum Gasteiger partial charge on any atom is -0.496 e. The molecule has 2 fully saturated rings. The maximum atomic E-state index is 12.9. The van der Waals surface area contributed by atoms with E-state index in [1.54, 1.807) is 37.8 Å². The number of nitro groups is 1.